The number of piperidine rings is 2. The van der Waals surface area contributed by atoms with Crippen LogP contribution in [0.3, 0.4) is 0 Å². The lowest BCUT2D eigenvalue weighted by atomic mass is 9.77. The number of hydrogen-bond donors (Lipinski definition) is 2. The van der Waals surface area contributed by atoms with E-state index in [9.17, 15) is 4.79 Å². The molecule has 0 amide bonds. The van der Waals surface area contributed by atoms with Crippen LogP contribution in [0.15, 0.2) is 12.7 Å². The molecule has 2 saturated heterocycles. The number of nitrogens with one attached hydrogen (secondary N) is 2. The number of carbonyl (C=O) groups is 1. The number of methoxy groups -OCH3 is 1. The second kappa shape index (κ2) is 6.01. The van der Waals surface area contributed by atoms with Crippen LogP contribution in [-0.2, 0) is 9.53 Å². The van der Waals surface area contributed by atoms with Gasteiger partial charge in [-0.05, 0) is 25.7 Å². The second-order valence-corrected chi connectivity index (χ2v) is 6.71. The van der Waals surface area contributed by atoms with Crippen molar-refractivity contribution in [2.75, 3.05) is 31.6 Å². The number of carbonyl (C=O) groups excluding carboxylic acids is 1. The molecule has 8 heteroatoms. The van der Waals surface area contributed by atoms with Crippen molar-refractivity contribution in [3.05, 3.63) is 12.7 Å². The summed E-state index contributed by atoms with van der Waals surface area (Å²) in [6.45, 7) is 2.58. The second-order valence-electron chi connectivity index (χ2n) is 6.71. The van der Waals surface area contributed by atoms with E-state index in [1.807, 2.05) is 0 Å². The normalized spacial score (nSPS) is 23.5. The first-order valence-electron chi connectivity index (χ1n) is 8.43. The number of imidazole rings is 1. The summed E-state index contributed by atoms with van der Waals surface area (Å²) in [5.41, 5.74) is 1.74. The molecule has 0 radical (unpaired) electrons. The maximum Gasteiger partial charge on any atom is 0.309 e. The van der Waals surface area contributed by atoms with Crippen LogP contribution >= 0.6 is 0 Å². The molecule has 1 spiro atoms. The first-order chi connectivity index (χ1) is 11.7. The minimum absolute atomic E-state index is 0.00913. The summed E-state index contributed by atoms with van der Waals surface area (Å²) in [5.74, 6) is 0.818. The summed E-state index contributed by atoms with van der Waals surface area (Å²) in [4.78, 5) is 29.9. The Hall–Kier alpha value is -2.22. The van der Waals surface area contributed by atoms with Crippen molar-refractivity contribution in [1.82, 2.24) is 25.3 Å². The van der Waals surface area contributed by atoms with Gasteiger partial charge in [0, 0.05) is 25.2 Å². The highest BCUT2D eigenvalue weighted by atomic mass is 16.5. The first-order valence-corrected chi connectivity index (χ1v) is 8.43. The fourth-order valence-electron chi connectivity index (χ4n) is 3.91. The summed E-state index contributed by atoms with van der Waals surface area (Å²) in [6.07, 6.45) is 7.23. The zero-order valence-corrected chi connectivity index (χ0v) is 13.8. The van der Waals surface area contributed by atoms with Crippen molar-refractivity contribution in [3.63, 3.8) is 0 Å². The Bertz CT molecular complexity index is 727. The van der Waals surface area contributed by atoms with Crippen LogP contribution in [0.2, 0.25) is 0 Å². The molecule has 2 aliphatic rings. The van der Waals surface area contributed by atoms with Gasteiger partial charge in [-0.3, -0.25) is 4.79 Å². The standard InChI is InChI=1S/C16H22N6O2/c1-24-15(23)11-2-3-16(21-8-11)4-6-22(7-5-16)14-12-13(18-9-17-12)19-10-20-14/h9-11,21H,2-8H2,1H3,(H,17,18,19,20). The molecular formula is C16H22N6O2. The number of fused-ring (bicyclic) bond motifs is 1. The molecule has 2 N–H and O–H groups in total. The van der Waals surface area contributed by atoms with Crippen molar-refractivity contribution < 1.29 is 9.53 Å². The van der Waals surface area contributed by atoms with Crippen LogP contribution in [0, 0.1) is 5.92 Å². The van der Waals surface area contributed by atoms with E-state index < -0.39 is 0 Å². The van der Waals surface area contributed by atoms with E-state index in [-0.39, 0.29) is 17.4 Å². The third-order valence-corrected chi connectivity index (χ3v) is 5.45. The van der Waals surface area contributed by atoms with Gasteiger partial charge < -0.3 is 19.9 Å². The average molecular weight is 330 g/mol. The van der Waals surface area contributed by atoms with E-state index >= 15 is 0 Å². The molecule has 4 heterocycles. The van der Waals surface area contributed by atoms with Crippen molar-refractivity contribution >= 4 is 23.0 Å². The molecular weight excluding hydrogens is 308 g/mol. The molecule has 0 bridgehead atoms. The summed E-state index contributed by atoms with van der Waals surface area (Å²) in [7, 11) is 1.46. The molecule has 24 heavy (non-hydrogen) atoms. The zero-order valence-electron chi connectivity index (χ0n) is 13.8. The van der Waals surface area contributed by atoms with Crippen LogP contribution < -0.4 is 10.2 Å². The van der Waals surface area contributed by atoms with E-state index in [4.69, 9.17) is 4.74 Å². The summed E-state index contributed by atoms with van der Waals surface area (Å²) < 4.78 is 4.86. The Balaban J connectivity index is 1.42. The molecule has 8 nitrogen and oxygen atoms in total. The molecule has 0 saturated carbocycles. The number of nitrogens with zero attached hydrogens (tertiary/aromatic N) is 4. The van der Waals surface area contributed by atoms with Crippen LogP contribution in [0.25, 0.3) is 11.2 Å². The molecule has 4 rings (SSSR count). The lowest BCUT2D eigenvalue weighted by Gasteiger charge is -2.46. The van der Waals surface area contributed by atoms with Gasteiger partial charge in [0.05, 0.1) is 19.4 Å². The number of esters is 1. The fraction of sp³-hybridized carbons (Fsp3) is 0.625. The van der Waals surface area contributed by atoms with Gasteiger partial charge in [-0.15, -0.1) is 0 Å². The molecule has 128 valence electrons. The van der Waals surface area contributed by atoms with E-state index in [2.05, 4.69) is 30.2 Å². The molecule has 2 aromatic heterocycles. The Morgan fingerprint density at radius 2 is 2.12 bits per heavy atom. The molecule has 0 aliphatic carbocycles. The lowest BCUT2D eigenvalue weighted by Crippen LogP contribution is -2.58. The van der Waals surface area contributed by atoms with Crippen molar-refractivity contribution in [2.45, 2.75) is 31.2 Å². The monoisotopic (exact) mass is 330 g/mol. The van der Waals surface area contributed by atoms with Gasteiger partial charge in [-0.2, -0.15) is 0 Å². The molecule has 1 unspecified atom stereocenters. The summed E-state index contributed by atoms with van der Waals surface area (Å²) in [5, 5.41) is 3.62. The van der Waals surface area contributed by atoms with Crippen LogP contribution in [0.4, 0.5) is 5.82 Å². The minimum Gasteiger partial charge on any atom is -0.469 e. The third kappa shape index (κ3) is 2.60. The minimum atomic E-state index is -0.0996. The van der Waals surface area contributed by atoms with Gasteiger partial charge in [0.2, 0.25) is 0 Å². The number of hydrogen-bond acceptors (Lipinski definition) is 7. The first kappa shape index (κ1) is 15.3. The van der Waals surface area contributed by atoms with Gasteiger partial charge in [0.1, 0.15) is 11.8 Å². The van der Waals surface area contributed by atoms with E-state index in [0.29, 0.717) is 12.2 Å². The largest absolute Gasteiger partial charge is 0.469 e. The highest BCUT2D eigenvalue weighted by Crippen LogP contribution is 2.34. The van der Waals surface area contributed by atoms with Gasteiger partial charge >= 0.3 is 5.97 Å². The van der Waals surface area contributed by atoms with Crippen LogP contribution in [-0.4, -0.2) is 58.2 Å². The maximum atomic E-state index is 11.7. The van der Waals surface area contributed by atoms with Gasteiger partial charge in [-0.1, -0.05) is 0 Å². The number of anilines is 1. The maximum absolute atomic E-state index is 11.7. The Kier molecular flexibility index (Phi) is 3.84. The number of rotatable bonds is 2. The molecule has 2 aliphatic heterocycles. The van der Waals surface area contributed by atoms with Crippen molar-refractivity contribution in [2.24, 2.45) is 5.92 Å². The Morgan fingerprint density at radius 3 is 2.83 bits per heavy atom. The highest BCUT2D eigenvalue weighted by Gasteiger charge is 2.40. The number of aromatic amines is 1. The third-order valence-electron chi connectivity index (χ3n) is 5.45. The fourth-order valence-corrected chi connectivity index (χ4v) is 3.91. The van der Waals surface area contributed by atoms with Crippen LogP contribution in [0.1, 0.15) is 25.7 Å². The van der Waals surface area contributed by atoms with Crippen LogP contribution in [0.5, 0.6) is 0 Å². The SMILES string of the molecule is COC(=O)C1CCC2(CCN(c3ncnc4nc[nH]c34)CC2)NC1. The molecule has 0 aromatic carbocycles. The van der Waals surface area contributed by atoms with E-state index in [1.165, 1.54) is 7.11 Å². The lowest BCUT2D eigenvalue weighted by molar-refractivity contribution is -0.146. The number of ether oxygens (including phenoxy) is 1. The Labute approximate surface area is 140 Å². The number of aromatic nitrogens is 4. The van der Waals surface area contributed by atoms with E-state index in [0.717, 1.165) is 50.1 Å². The summed E-state index contributed by atoms with van der Waals surface area (Å²) >= 11 is 0. The molecule has 2 aromatic rings. The van der Waals surface area contributed by atoms with Gasteiger partial charge in [0.15, 0.2) is 11.5 Å². The van der Waals surface area contributed by atoms with Gasteiger partial charge in [0.25, 0.3) is 0 Å². The van der Waals surface area contributed by atoms with Gasteiger partial charge in [-0.25, -0.2) is 15.0 Å². The van der Waals surface area contributed by atoms with E-state index in [1.54, 1.807) is 12.7 Å². The predicted molar refractivity (Wildman–Crippen MR) is 88.6 cm³/mol. The smallest absolute Gasteiger partial charge is 0.309 e. The van der Waals surface area contributed by atoms with Crippen molar-refractivity contribution in [1.29, 1.82) is 0 Å². The van der Waals surface area contributed by atoms with Crippen molar-refractivity contribution in [3.8, 4) is 0 Å². The highest BCUT2D eigenvalue weighted by molar-refractivity contribution is 5.82. The molecule has 2 fully saturated rings. The number of H-pyrrole nitrogens is 1. The molecule has 1 atom stereocenters. The predicted octanol–water partition coefficient (Wildman–Crippen LogP) is 0.864. The topological polar surface area (TPSA) is 96.0 Å². The zero-order chi connectivity index (χ0) is 16.6. The summed E-state index contributed by atoms with van der Waals surface area (Å²) in [6, 6.07) is 0. The average Bonchev–Trinajstić information content (AvgIpc) is 3.11. The quantitative estimate of drug-likeness (QED) is 0.789. The Morgan fingerprint density at radius 1 is 1.29 bits per heavy atom.